The van der Waals surface area contributed by atoms with E-state index in [1.807, 2.05) is 60.9 Å². The van der Waals surface area contributed by atoms with Gasteiger partial charge in [-0.1, -0.05) is 44.2 Å². The van der Waals surface area contributed by atoms with Gasteiger partial charge in [-0.05, 0) is 43.5 Å². The minimum atomic E-state index is -0.942. The number of benzene rings is 1. The van der Waals surface area contributed by atoms with Gasteiger partial charge in [-0.2, -0.15) is 0 Å². The molecular formula is C26H30N2O6. The Hall–Kier alpha value is -3.81. The van der Waals surface area contributed by atoms with E-state index in [1.165, 1.54) is 0 Å². The summed E-state index contributed by atoms with van der Waals surface area (Å²) in [5, 5.41) is 2.54. The van der Waals surface area contributed by atoms with Crippen LogP contribution >= 0.6 is 0 Å². The monoisotopic (exact) mass is 466 g/mol. The lowest BCUT2D eigenvalue weighted by Crippen LogP contribution is -2.45. The number of Topliss-reactive ketones (excluding diaryl/α,β-unsaturated/α-hetero) is 1. The summed E-state index contributed by atoms with van der Waals surface area (Å²) in [4.78, 5) is 37.6. The fourth-order valence-electron chi connectivity index (χ4n) is 3.58. The highest BCUT2D eigenvalue weighted by Gasteiger charge is 2.27. The number of esters is 1. The number of rotatable bonds is 10. The number of ether oxygens (including phenoxy) is 2. The number of aromatic nitrogens is 1. The van der Waals surface area contributed by atoms with Crippen molar-refractivity contribution in [1.82, 2.24) is 9.88 Å². The zero-order valence-electron chi connectivity index (χ0n) is 19.9. The van der Waals surface area contributed by atoms with E-state index in [-0.39, 0.29) is 18.3 Å². The fraction of sp³-hybridized carbons (Fsp3) is 0.346. The topological polar surface area (TPSA) is 99.8 Å². The van der Waals surface area contributed by atoms with Crippen molar-refractivity contribution >= 4 is 17.8 Å². The van der Waals surface area contributed by atoms with Crippen LogP contribution in [0.25, 0.3) is 0 Å². The predicted octanol–water partition coefficient (Wildman–Crippen LogP) is 4.42. The standard InChI is InChI=1S/C26H30N2O6/c1-17(2)24(27-26(31)34-15-20-9-6-5-7-10-20)25(30)33-16-23(29)22-13-18(3)28(19(22)4)14-21-11-8-12-32-21/h5-13,17,24H,14-16H2,1-4H3,(H,27,31)/t24-/m0/s1. The lowest BCUT2D eigenvalue weighted by molar-refractivity contribution is -0.146. The van der Waals surface area contributed by atoms with Crippen LogP contribution in [0.3, 0.4) is 0 Å². The van der Waals surface area contributed by atoms with Gasteiger partial charge in [-0.3, -0.25) is 4.79 Å². The minimum absolute atomic E-state index is 0.0820. The van der Waals surface area contributed by atoms with Gasteiger partial charge in [-0.15, -0.1) is 0 Å². The van der Waals surface area contributed by atoms with E-state index in [2.05, 4.69) is 5.32 Å². The Balaban J connectivity index is 1.56. The van der Waals surface area contributed by atoms with Gasteiger partial charge in [0.2, 0.25) is 5.78 Å². The van der Waals surface area contributed by atoms with Crippen molar-refractivity contribution in [1.29, 1.82) is 0 Å². The van der Waals surface area contributed by atoms with Crippen molar-refractivity contribution in [2.24, 2.45) is 5.92 Å². The molecule has 0 fully saturated rings. The van der Waals surface area contributed by atoms with E-state index in [4.69, 9.17) is 13.9 Å². The molecule has 8 nitrogen and oxygen atoms in total. The minimum Gasteiger partial charge on any atom is -0.467 e. The van der Waals surface area contributed by atoms with E-state index in [0.29, 0.717) is 12.1 Å². The first-order valence-electron chi connectivity index (χ1n) is 11.1. The van der Waals surface area contributed by atoms with Crippen LogP contribution in [0.1, 0.15) is 46.9 Å². The molecule has 8 heteroatoms. The molecular weight excluding hydrogens is 436 g/mol. The molecule has 2 aromatic heterocycles. The number of alkyl carbamates (subject to hydrolysis) is 1. The number of hydrogen-bond acceptors (Lipinski definition) is 6. The van der Waals surface area contributed by atoms with Gasteiger partial charge in [0.1, 0.15) is 18.4 Å². The molecule has 0 saturated carbocycles. The number of nitrogens with one attached hydrogen (secondary N) is 1. The maximum Gasteiger partial charge on any atom is 0.408 e. The molecule has 0 unspecified atom stereocenters. The van der Waals surface area contributed by atoms with Crippen molar-refractivity contribution in [3.05, 3.63) is 83.1 Å². The lowest BCUT2D eigenvalue weighted by atomic mass is 10.1. The van der Waals surface area contributed by atoms with Gasteiger partial charge in [-0.25, -0.2) is 9.59 Å². The fourth-order valence-corrected chi connectivity index (χ4v) is 3.58. The third-order valence-electron chi connectivity index (χ3n) is 5.52. The van der Waals surface area contributed by atoms with Gasteiger partial charge in [0.25, 0.3) is 0 Å². The zero-order valence-corrected chi connectivity index (χ0v) is 19.9. The van der Waals surface area contributed by atoms with Crippen LogP contribution in [-0.2, 0) is 27.4 Å². The summed E-state index contributed by atoms with van der Waals surface area (Å²) in [6, 6.07) is 13.7. The van der Waals surface area contributed by atoms with E-state index in [1.54, 1.807) is 26.2 Å². The summed E-state index contributed by atoms with van der Waals surface area (Å²) >= 11 is 0. The van der Waals surface area contributed by atoms with Crippen LogP contribution in [-0.4, -0.2) is 35.1 Å². The molecule has 0 bridgehead atoms. The first-order valence-corrected chi connectivity index (χ1v) is 11.1. The average Bonchev–Trinajstić information content (AvgIpc) is 3.43. The molecule has 0 aliphatic carbocycles. The number of carbonyl (C=O) groups excluding carboxylic acids is 3. The second kappa shape index (κ2) is 11.4. The Morgan fingerprint density at radius 3 is 2.41 bits per heavy atom. The third-order valence-corrected chi connectivity index (χ3v) is 5.52. The van der Waals surface area contributed by atoms with E-state index >= 15 is 0 Å². The van der Waals surface area contributed by atoms with Gasteiger partial charge in [0.05, 0.1) is 12.8 Å². The van der Waals surface area contributed by atoms with E-state index < -0.39 is 24.7 Å². The van der Waals surface area contributed by atoms with Gasteiger partial charge in [0.15, 0.2) is 6.61 Å². The Morgan fingerprint density at radius 1 is 1.03 bits per heavy atom. The molecule has 0 saturated heterocycles. The predicted molar refractivity (Wildman–Crippen MR) is 125 cm³/mol. The first kappa shape index (κ1) is 24.8. The van der Waals surface area contributed by atoms with Crippen molar-refractivity contribution < 1.29 is 28.3 Å². The smallest absolute Gasteiger partial charge is 0.408 e. The van der Waals surface area contributed by atoms with Crippen molar-refractivity contribution in [3.8, 4) is 0 Å². The molecule has 0 aliphatic rings. The van der Waals surface area contributed by atoms with E-state index in [0.717, 1.165) is 22.7 Å². The number of amides is 1. The van der Waals surface area contributed by atoms with Crippen molar-refractivity contribution in [2.45, 2.75) is 46.9 Å². The van der Waals surface area contributed by atoms with Crippen LogP contribution < -0.4 is 5.32 Å². The van der Waals surface area contributed by atoms with Crippen LogP contribution in [0, 0.1) is 19.8 Å². The maximum absolute atomic E-state index is 12.8. The molecule has 3 aromatic rings. The van der Waals surface area contributed by atoms with Crippen LogP contribution in [0.15, 0.2) is 59.2 Å². The Morgan fingerprint density at radius 2 is 1.76 bits per heavy atom. The SMILES string of the molecule is Cc1cc(C(=O)COC(=O)[C@@H](NC(=O)OCc2ccccc2)C(C)C)c(C)n1Cc1ccco1. The van der Waals surface area contributed by atoms with Gasteiger partial charge in [0, 0.05) is 17.0 Å². The summed E-state index contributed by atoms with van der Waals surface area (Å²) in [7, 11) is 0. The molecule has 1 aromatic carbocycles. The highest BCUT2D eigenvalue weighted by Crippen LogP contribution is 2.18. The second-order valence-electron chi connectivity index (χ2n) is 8.41. The van der Waals surface area contributed by atoms with Gasteiger partial charge < -0.3 is 23.8 Å². The number of ketones is 1. The van der Waals surface area contributed by atoms with Crippen LogP contribution in [0.2, 0.25) is 0 Å². The summed E-state index contributed by atoms with van der Waals surface area (Å²) in [6.07, 6.45) is 0.873. The van der Waals surface area contributed by atoms with Crippen molar-refractivity contribution in [3.63, 3.8) is 0 Å². The summed E-state index contributed by atoms with van der Waals surface area (Å²) < 4.78 is 17.8. The van der Waals surface area contributed by atoms with Gasteiger partial charge >= 0.3 is 12.1 Å². The highest BCUT2D eigenvalue weighted by molar-refractivity contribution is 5.99. The summed E-state index contributed by atoms with van der Waals surface area (Å²) in [6.45, 7) is 7.44. The molecule has 3 rings (SSSR count). The normalized spacial score (nSPS) is 11.8. The highest BCUT2D eigenvalue weighted by atomic mass is 16.6. The third kappa shape index (κ3) is 6.37. The Labute approximate surface area is 198 Å². The van der Waals surface area contributed by atoms with E-state index in [9.17, 15) is 14.4 Å². The molecule has 180 valence electrons. The molecule has 0 spiro atoms. The molecule has 34 heavy (non-hydrogen) atoms. The molecule has 1 amide bonds. The summed E-state index contributed by atoms with van der Waals surface area (Å²) in [5.74, 6) is -0.492. The number of furan rings is 1. The largest absolute Gasteiger partial charge is 0.467 e. The zero-order chi connectivity index (χ0) is 24.7. The Kier molecular flexibility index (Phi) is 8.29. The number of hydrogen-bond donors (Lipinski definition) is 1. The Bertz CT molecular complexity index is 1120. The second-order valence-corrected chi connectivity index (χ2v) is 8.41. The van der Waals surface area contributed by atoms with Crippen molar-refractivity contribution in [2.75, 3.05) is 6.61 Å². The number of nitrogens with zero attached hydrogens (tertiary/aromatic N) is 1. The van der Waals surface area contributed by atoms with Crippen LogP contribution in [0.4, 0.5) is 4.79 Å². The molecule has 1 atom stereocenters. The lowest BCUT2D eigenvalue weighted by Gasteiger charge is -2.20. The summed E-state index contributed by atoms with van der Waals surface area (Å²) in [5.41, 5.74) is 2.97. The molecule has 1 N–H and O–H groups in total. The molecule has 0 radical (unpaired) electrons. The molecule has 0 aliphatic heterocycles. The van der Waals surface area contributed by atoms with Crippen LogP contribution in [0.5, 0.6) is 0 Å². The maximum atomic E-state index is 12.8. The number of aryl methyl sites for hydroxylation is 1. The average molecular weight is 467 g/mol. The first-order chi connectivity index (χ1) is 16.3. The molecule has 2 heterocycles. The number of carbonyl (C=O) groups is 3. The quantitative estimate of drug-likeness (QED) is 0.351.